The summed E-state index contributed by atoms with van der Waals surface area (Å²) in [7, 11) is -3.78. The zero-order chi connectivity index (χ0) is 23.3. The molecule has 10 heteroatoms. The Labute approximate surface area is 199 Å². The van der Waals surface area contributed by atoms with Gasteiger partial charge >= 0.3 is 0 Å². The first-order valence-electron chi connectivity index (χ1n) is 11.1. The lowest BCUT2D eigenvalue weighted by molar-refractivity contribution is -0.134. The molecule has 8 nitrogen and oxygen atoms in total. The molecule has 2 fully saturated rings. The molecule has 1 aromatic heterocycles. The van der Waals surface area contributed by atoms with E-state index < -0.39 is 10.0 Å². The zero-order valence-electron chi connectivity index (χ0n) is 18.4. The van der Waals surface area contributed by atoms with Crippen molar-refractivity contribution in [1.82, 2.24) is 14.1 Å². The maximum absolute atomic E-state index is 13.1. The van der Waals surface area contributed by atoms with E-state index in [-0.39, 0.29) is 42.1 Å². The first-order chi connectivity index (χ1) is 16.0. The van der Waals surface area contributed by atoms with Crippen LogP contribution in [0.25, 0.3) is 0 Å². The normalized spacial score (nSPS) is 19.6. The Kier molecular flexibility index (Phi) is 7.78. The molecule has 1 amide bonds. The van der Waals surface area contributed by atoms with Crippen LogP contribution in [0.2, 0.25) is 0 Å². The van der Waals surface area contributed by atoms with Gasteiger partial charge in [0.25, 0.3) is 0 Å². The number of piperazine rings is 1. The van der Waals surface area contributed by atoms with Crippen LogP contribution in [0.15, 0.2) is 46.7 Å². The minimum Gasteiger partial charge on any atom is -0.377 e. The highest BCUT2D eigenvalue weighted by molar-refractivity contribution is 7.89. The Morgan fingerprint density at radius 2 is 1.97 bits per heavy atom. The highest BCUT2D eigenvalue weighted by Gasteiger charge is 2.32. The van der Waals surface area contributed by atoms with Gasteiger partial charge in [0, 0.05) is 50.8 Å². The van der Waals surface area contributed by atoms with Gasteiger partial charge in [0.2, 0.25) is 15.9 Å². The van der Waals surface area contributed by atoms with Crippen molar-refractivity contribution in [1.29, 1.82) is 5.26 Å². The molecule has 0 unspecified atom stereocenters. The number of rotatable bonds is 8. The van der Waals surface area contributed by atoms with E-state index in [0.29, 0.717) is 26.2 Å². The summed E-state index contributed by atoms with van der Waals surface area (Å²) in [6.07, 6.45) is 2.21. The van der Waals surface area contributed by atoms with Crippen LogP contribution in [0.5, 0.6) is 0 Å². The molecule has 0 bridgehead atoms. The maximum Gasteiger partial charge on any atom is 0.244 e. The molecule has 0 N–H and O–H groups in total. The van der Waals surface area contributed by atoms with Crippen LogP contribution in [-0.4, -0.2) is 80.4 Å². The number of nitriles is 1. The molecule has 2 aliphatic heterocycles. The number of hydrogen-bond acceptors (Lipinski definition) is 7. The highest BCUT2D eigenvalue weighted by atomic mass is 32.2. The van der Waals surface area contributed by atoms with E-state index in [9.17, 15) is 18.5 Å². The van der Waals surface area contributed by atoms with E-state index in [1.807, 2.05) is 17.5 Å². The van der Waals surface area contributed by atoms with Crippen LogP contribution < -0.4 is 0 Å². The van der Waals surface area contributed by atoms with Gasteiger partial charge < -0.3 is 9.64 Å². The molecule has 3 heterocycles. The average molecular weight is 489 g/mol. The SMILES string of the molecule is N#Cc1ccccc1S(=O)(=O)N1CCN(C(=O)CN(Cc2cccs2)C[C@@H]2CCCO2)CC1. The quantitative estimate of drug-likeness (QED) is 0.565. The van der Waals surface area contributed by atoms with Gasteiger partial charge in [-0.3, -0.25) is 9.69 Å². The fraction of sp³-hybridized carbons (Fsp3) is 0.478. The molecule has 2 aromatic rings. The van der Waals surface area contributed by atoms with E-state index in [1.54, 1.807) is 28.4 Å². The van der Waals surface area contributed by atoms with Gasteiger partial charge in [-0.2, -0.15) is 9.57 Å². The number of hydrogen-bond donors (Lipinski definition) is 0. The second kappa shape index (κ2) is 10.8. The first-order valence-corrected chi connectivity index (χ1v) is 13.4. The van der Waals surface area contributed by atoms with Gasteiger partial charge in [-0.15, -0.1) is 11.3 Å². The van der Waals surface area contributed by atoms with Crippen LogP contribution in [0.4, 0.5) is 0 Å². The van der Waals surface area contributed by atoms with E-state index in [0.717, 1.165) is 19.4 Å². The van der Waals surface area contributed by atoms with Gasteiger partial charge in [-0.25, -0.2) is 8.42 Å². The van der Waals surface area contributed by atoms with Gasteiger partial charge in [0.15, 0.2) is 0 Å². The molecule has 33 heavy (non-hydrogen) atoms. The van der Waals surface area contributed by atoms with Crippen molar-refractivity contribution < 1.29 is 17.9 Å². The summed E-state index contributed by atoms with van der Waals surface area (Å²) in [5.74, 6) is -0.000902. The topological polar surface area (TPSA) is 93.9 Å². The molecule has 0 saturated carbocycles. The van der Waals surface area contributed by atoms with Crippen molar-refractivity contribution in [3.63, 3.8) is 0 Å². The lowest BCUT2D eigenvalue weighted by atomic mass is 10.2. The second-order valence-electron chi connectivity index (χ2n) is 8.28. The lowest BCUT2D eigenvalue weighted by Gasteiger charge is -2.35. The number of amides is 1. The lowest BCUT2D eigenvalue weighted by Crippen LogP contribution is -2.52. The second-order valence-corrected chi connectivity index (χ2v) is 11.2. The summed E-state index contributed by atoms with van der Waals surface area (Å²) in [4.78, 5) is 18.2. The number of ether oxygens (including phenoxy) is 1. The van der Waals surface area contributed by atoms with Gasteiger partial charge in [0.1, 0.15) is 6.07 Å². The highest BCUT2D eigenvalue weighted by Crippen LogP contribution is 2.22. The third-order valence-corrected chi connectivity index (χ3v) is 8.84. The number of thiophene rings is 1. The van der Waals surface area contributed by atoms with E-state index in [1.165, 1.54) is 21.3 Å². The van der Waals surface area contributed by atoms with Crippen molar-refractivity contribution >= 4 is 27.3 Å². The standard InChI is InChI=1S/C23H28N4O4S2/c24-15-19-5-1-2-8-22(19)33(29,30)27-11-9-26(10-12-27)23(28)18-25(16-20-6-3-13-31-20)17-21-7-4-14-32-21/h1-2,4-5,7-8,14,20H,3,6,9-13,16-18H2/t20-/m0/s1. The predicted octanol–water partition coefficient (Wildman–Crippen LogP) is 2.13. The summed E-state index contributed by atoms with van der Waals surface area (Å²) in [5.41, 5.74) is 0.134. The van der Waals surface area contributed by atoms with Gasteiger partial charge in [0.05, 0.1) is 23.1 Å². The van der Waals surface area contributed by atoms with Crippen molar-refractivity contribution in [3.8, 4) is 6.07 Å². The van der Waals surface area contributed by atoms with Crippen LogP contribution in [-0.2, 0) is 26.1 Å². The molecule has 176 valence electrons. The summed E-state index contributed by atoms with van der Waals surface area (Å²) in [5, 5.41) is 11.3. The molecule has 0 spiro atoms. The van der Waals surface area contributed by atoms with Crippen molar-refractivity contribution in [2.45, 2.75) is 30.4 Å². The monoisotopic (exact) mass is 488 g/mol. The summed E-state index contributed by atoms with van der Waals surface area (Å²) >= 11 is 1.67. The minimum absolute atomic E-state index is 0.000902. The fourth-order valence-electron chi connectivity index (χ4n) is 4.28. The van der Waals surface area contributed by atoms with Crippen LogP contribution in [0.3, 0.4) is 0 Å². The zero-order valence-corrected chi connectivity index (χ0v) is 20.1. The number of benzene rings is 1. The van der Waals surface area contributed by atoms with Crippen molar-refractivity contribution in [2.75, 3.05) is 45.9 Å². The van der Waals surface area contributed by atoms with Gasteiger partial charge in [-0.1, -0.05) is 18.2 Å². The Balaban J connectivity index is 1.37. The number of nitrogens with zero attached hydrogens (tertiary/aromatic N) is 4. The Morgan fingerprint density at radius 1 is 1.18 bits per heavy atom. The summed E-state index contributed by atoms with van der Waals surface area (Å²) < 4.78 is 33.2. The van der Waals surface area contributed by atoms with Gasteiger partial charge in [-0.05, 0) is 36.4 Å². The fourth-order valence-corrected chi connectivity index (χ4v) is 6.59. The largest absolute Gasteiger partial charge is 0.377 e. The van der Waals surface area contributed by atoms with Crippen molar-refractivity contribution in [2.24, 2.45) is 0 Å². The number of carbonyl (C=O) groups is 1. The Morgan fingerprint density at radius 3 is 2.64 bits per heavy atom. The van der Waals surface area contributed by atoms with Crippen LogP contribution >= 0.6 is 11.3 Å². The molecule has 4 rings (SSSR count). The predicted molar refractivity (Wildman–Crippen MR) is 125 cm³/mol. The third kappa shape index (κ3) is 5.80. The van der Waals surface area contributed by atoms with E-state index in [2.05, 4.69) is 11.0 Å². The Hall–Kier alpha value is -2.29. The molecule has 1 aromatic carbocycles. The summed E-state index contributed by atoms with van der Waals surface area (Å²) in [6, 6.07) is 12.3. The van der Waals surface area contributed by atoms with E-state index in [4.69, 9.17) is 4.74 Å². The summed E-state index contributed by atoms with van der Waals surface area (Å²) in [6.45, 7) is 3.55. The molecule has 2 saturated heterocycles. The Bertz CT molecular complexity index is 1080. The molecule has 2 aliphatic rings. The molecular formula is C23H28N4O4S2. The van der Waals surface area contributed by atoms with Crippen molar-refractivity contribution in [3.05, 3.63) is 52.2 Å². The van der Waals surface area contributed by atoms with Crippen LogP contribution in [0.1, 0.15) is 23.3 Å². The molecule has 0 radical (unpaired) electrons. The maximum atomic E-state index is 13.1. The minimum atomic E-state index is -3.78. The third-order valence-electron chi connectivity index (χ3n) is 6.02. The molecule has 1 atom stereocenters. The van der Waals surface area contributed by atoms with Crippen LogP contribution in [0, 0.1) is 11.3 Å². The number of carbonyl (C=O) groups excluding carboxylic acids is 1. The first kappa shape index (κ1) is 23.9. The van der Waals surface area contributed by atoms with E-state index >= 15 is 0 Å². The number of sulfonamides is 1. The average Bonchev–Trinajstić information content (AvgIpc) is 3.53. The molecular weight excluding hydrogens is 460 g/mol. The molecule has 0 aliphatic carbocycles. The smallest absolute Gasteiger partial charge is 0.244 e.